The van der Waals surface area contributed by atoms with Gasteiger partial charge in [-0.25, -0.2) is 0 Å². The summed E-state index contributed by atoms with van der Waals surface area (Å²) < 4.78 is 0.635. The monoisotopic (exact) mass is 340 g/mol. The van der Waals surface area contributed by atoms with Crippen LogP contribution >= 0.6 is 23.6 Å². The molecule has 0 aliphatic heterocycles. The molecule has 1 atom stereocenters. The van der Waals surface area contributed by atoms with Gasteiger partial charge in [-0.3, -0.25) is 4.79 Å². The topological polar surface area (TPSA) is 86.8 Å². The molecule has 0 saturated heterocycles. The van der Waals surface area contributed by atoms with Crippen molar-refractivity contribution in [2.45, 2.75) is 12.5 Å². The van der Waals surface area contributed by atoms with Gasteiger partial charge in [0.25, 0.3) is 0 Å². The van der Waals surface area contributed by atoms with Crippen LogP contribution in [0.5, 0.6) is 11.5 Å². The fourth-order valence-corrected chi connectivity index (χ4v) is 2.44. The summed E-state index contributed by atoms with van der Waals surface area (Å²) in [5.41, 5.74) is 6.87. The third kappa shape index (κ3) is 3.62. The molecule has 0 amide bonds. The Bertz CT molecular complexity index is 675. The minimum atomic E-state index is -0.835. The van der Waals surface area contributed by atoms with Gasteiger partial charge in [0, 0.05) is 29.1 Å². The molecule has 0 fully saturated rings. The highest BCUT2D eigenvalue weighted by molar-refractivity contribution is 6.50. The summed E-state index contributed by atoms with van der Waals surface area (Å²) in [5.74, 6) is -0.475. The normalized spacial score (nSPS) is 12.0. The number of carbonyl (C=O) groups is 1. The van der Waals surface area contributed by atoms with Crippen molar-refractivity contribution in [1.29, 1.82) is 0 Å². The lowest BCUT2D eigenvalue weighted by Crippen LogP contribution is -2.33. The Morgan fingerprint density at radius 1 is 1.14 bits per heavy atom. The SMILES string of the molecule is NC(Cc1ccc(O)cc1)C(=O)c1cccc(O)c1N(Cl)Cl. The predicted molar refractivity (Wildman–Crippen MR) is 86.4 cm³/mol. The molecule has 0 aromatic heterocycles. The van der Waals surface area contributed by atoms with Crippen LogP contribution in [0, 0.1) is 0 Å². The van der Waals surface area contributed by atoms with E-state index in [4.69, 9.17) is 29.3 Å². The number of ketones is 1. The number of aromatic hydroxyl groups is 2. The third-order valence-electron chi connectivity index (χ3n) is 3.18. The highest BCUT2D eigenvalue weighted by atomic mass is 35.5. The second-order valence-corrected chi connectivity index (χ2v) is 5.60. The van der Waals surface area contributed by atoms with E-state index in [9.17, 15) is 15.0 Å². The Balaban J connectivity index is 2.24. The molecule has 0 heterocycles. The van der Waals surface area contributed by atoms with Crippen LogP contribution in [0.1, 0.15) is 15.9 Å². The van der Waals surface area contributed by atoms with Gasteiger partial charge in [-0.05, 0) is 36.2 Å². The number of anilines is 1. The molecular weight excluding hydrogens is 327 g/mol. The van der Waals surface area contributed by atoms with Crippen molar-refractivity contribution in [2.24, 2.45) is 5.73 Å². The Morgan fingerprint density at radius 3 is 2.36 bits per heavy atom. The van der Waals surface area contributed by atoms with Crippen LogP contribution in [0.15, 0.2) is 42.5 Å². The maximum absolute atomic E-state index is 12.5. The fraction of sp³-hybridized carbons (Fsp3) is 0.133. The second-order valence-electron chi connectivity index (χ2n) is 4.75. The molecule has 0 aliphatic carbocycles. The van der Waals surface area contributed by atoms with Crippen molar-refractivity contribution < 1.29 is 15.0 Å². The minimum Gasteiger partial charge on any atom is -0.508 e. The van der Waals surface area contributed by atoms with E-state index in [0.29, 0.717) is 3.94 Å². The van der Waals surface area contributed by atoms with Crippen LogP contribution in [-0.4, -0.2) is 22.0 Å². The number of hydrogen-bond acceptors (Lipinski definition) is 5. The molecule has 116 valence electrons. The number of rotatable bonds is 5. The standard InChI is InChI=1S/C15H14Cl2N2O3/c16-19(17)14-11(2-1-3-13(14)21)15(22)12(18)8-9-4-6-10(20)7-5-9/h1-7,12,20-21H,8,18H2. The number of phenols is 2. The van der Waals surface area contributed by atoms with E-state index >= 15 is 0 Å². The van der Waals surface area contributed by atoms with Crippen molar-refractivity contribution in [3.63, 3.8) is 0 Å². The Morgan fingerprint density at radius 2 is 1.77 bits per heavy atom. The number of phenolic OH excluding ortho intramolecular Hbond substituents is 2. The number of Topliss-reactive ketones (excluding diaryl/α,β-unsaturated/α-hetero) is 1. The maximum Gasteiger partial charge on any atom is 0.182 e. The summed E-state index contributed by atoms with van der Waals surface area (Å²) in [6.07, 6.45) is 0.277. The van der Waals surface area contributed by atoms with E-state index in [2.05, 4.69) is 0 Å². The largest absolute Gasteiger partial charge is 0.508 e. The lowest BCUT2D eigenvalue weighted by Gasteiger charge is -2.16. The quantitative estimate of drug-likeness (QED) is 0.575. The van der Waals surface area contributed by atoms with E-state index < -0.39 is 11.8 Å². The zero-order valence-corrected chi connectivity index (χ0v) is 12.9. The van der Waals surface area contributed by atoms with Crippen molar-refractivity contribution in [2.75, 3.05) is 3.94 Å². The van der Waals surface area contributed by atoms with Crippen molar-refractivity contribution in [3.05, 3.63) is 53.6 Å². The summed E-state index contributed by atoms with van der Waals surface area (Å²) in [6, 6.07) is 9.94. The van der Waals surface area contributed by atoms with Gasteiger partial charge >= 0.3 is 0 Å². The highest BCUT2D eigenvalue weighted by Crippen LogP contribution is 2.34. The highest BCUT2D eigenvalue weighted by Gasteiger charge is 2.23. The van der Waals surface area contributed by atoms with Crippen LogP contribution in [0.3, 0.4) is 0 Å². The molecule has 1 unspecified atom stereocenters. The number of halogens is 2. The van der Waals surface area contributed by atoms with Gasteiger partial charge in [-0.2, -0.15) is 3.94 Å². The smallest absolute Gasteiger partial charge is 0.182 e. The Kier molecular flexibility index (Phi) is 5.13. The van der Waals surface area contributed by atoms with Gasteiger partial charge in [0.15, 0.2) is 5.78 Å². The first kappa shape index (κ1) is 16.4. The van der Waals surface area contributed by atoms with Crippen LogP contribution in [0.2, 0.25) is 0 Å². The Labute approximate surface area is 137 Å². The van der Waals surface area contributed by atoms with Gasteiger partial charge in [0.05, 0.1) is 6.04 Å². The number of para-hydroxylation sites is 1. The lowest BCUT2D eigenvalue weighted by atomic mass is 9.97. The van der Waals surface area contributed by atoms with Crippen molar-refractivity contribution in [3.8, 4) is 11.5 Å². The average Bonchev–Trinajstić information content (AvgIpc) is 2.48. The first-order chi connectivity index (χ1) is 10.4. The van der Waals surface area contributed by atoms with Gasteiger partial charge in [-0.15, -0.1) is 0 Å². The van der Waals surface area contributed by atoms with E-state index in [1.165, 1.54) is 30.3 Å². The molecule has 22 heavy (non-hydrogen) atoms. The van der Waals surface area contributed by atoms with Crippen LogP contribution < -0.4 is 9.67 Å². The summed E-state index contributed by atoms with van der Waals surface area (Å²) in [6.45, 7) is 0. The molecule has 5 nitrogen and oxygen atoms in total. The summed E-state index contributed by atoms with van der Waals surface area (Å²) in [5, 5.41) is 19.0. The van der Waals surface area contributed by atoms with Gasteiger partial charge < -0.3 is 15.9 Å². The maximum atomic E-state index is 12.5. The molecule has 0 saturated carbocycles. The lowest BCUT2D eigenvalue weighted by molar-refractivity contribution is 0.0961. The molecule has 2 aromatic rings. The number of carbonyl (C=O) groups excluding carboxylic acids is 1. The predicted octanol–water partition coefficient (Wildman–Crippen LogP) is 2.96. The van der Waals surface area contributed by atoms with Gasteiger partial charge in [-0.1, -0.05) is 18.2 Å². The van der Waals surface area contributed by atoms with Crippen LogP contribution in [0.4, 0.5) is 5.69 Å². The zero-order valence-electron chi connectivity index (χ0n) is 11.4. The Hall–Kier alpha value is -1.95. The van der Waals surface area contributed by atoms with Gasteiger partial charge in [0.2, 0.25) is 0 Å². The molecule has 0 bridgehead atoms. The van der Waals surface area contributed by atoms with Crippen molar-refractivity contribution in [1.82, 2.24) is 0 Å². The molecule has 4 N–H and O–H groups in total. The first-order valence-corrected chi connectivity index (χ1v) is 7.09. The molecule has 2 rings (SSSR count). The average molecular weight is 341 g/mol. The molecule has 0 aliphatic rings. The molecule has 7 heteroatoms. The molecule has 2 aromatic carbocycles. The number of benzene rings is 2. The second kappa shape index (κ2) is 6.87. The molecule has 0 spiro atoms. The number of nitrogens with two attached hydrogens (primary N) is 1. The molecular formula is C15H14Cl2N2O3. The summed E-state index contributed by atoms with van der Waals surface area (Å²) in [7, 11) is 0. The van der Waals surface area contributed by atoms with Gasteiger partial charge in [0.1, 0.15) is 17.2 Å². The van der Waals surface area contributed by atoms with E-state index in [-0.39, 0.29) is 29.2 Å². The first-order valence-electron chi connectivity index (χ1n) is 6.41. The summed E-state index contributed by atoms with van der Waals surface area (Å²) >= 11 is 11.3. The van der Waals surface area contributed by atoms with Crippen LogP contribution in [-0.2, 0) is 6.42 Å². The number of hydrogen-bond donors (Lipinski definition) is 3. The zero-order chi connectivity index (χ0) is 16.3. The van der Waals surface area contributed by atoms with Crippen molar-refractivity contribution >= 4 is 35.0 Å². The van der Waals surface area contributed by atoms with E-state index in [1.54, 1.807) is 12.1 Å². The van der Waals surface area contributed by atoms with Crippen LogP contribution in [0.25, 0.3) is 0 Å². The number of nitrogens with zero attached hydrogens (tertiary/aromatic N) is 1. The summed E-state index contributed by atoms with van der Waals surface area (Å²) in [4.78, 5) is 12.5. The van der Waals surface area contributed by atoms with E-state index in [1.807, 2.05) is 0 Å². The minimum absolute atomic E-state index is 0.00279. The molecule has 0 radical (unpaired) electrons. The third-order valence-corrected chi connectivity index (χ3v) is 3.52. The van der Waals surface area contributed by atoms with E-state index in [0.717, 1.165) is 5.56 Å². The fourth-order valence-electron chi connectivity index (χ4n) is 2.09.